The smallest absolute Gasteiger partial charge is 1.00 e. The summed E-state index contributed by atoms with van der Waals surface area (Å²) in [5, 5.41) is 20.2. The number of ketones is 1. The van der Waals surface area contributed by atoms with Crippen LogP contribution in [0.1, 0.15) is 107 Å². The zero-order valence-corrected chi connectivity index (χ0v) is 41.1. The summed E-state index contributed by atoms with van der Waals surface area (Å²) in [6, 6.07) is 14.3. The number of thiophene rings is 2. The number of nitrogens with zero attached hydrogens (tertiary/aromatic N) is 2. The maximum Gasteiger partial charge on any atom is 1.00 e. The maximum atomic E-state index is 13.3. The number of anilines is 2. The quantitative estimate of drug-likeness (QED) is 0.115. The molecule has 0 aliphatic carbocycles. The Hall–Kier alpha value is -1.33. The van der Waals surface area contributed by atoms with Crippen LogP contribution in [0.5, 0.6) is 0 Å². The van der Waals surface area contributed by atoms with Crippen molar-refractivity contribution in [3.63, 3.8) is 0 Å². The normalized spacial score (nSPS) is 17.4. The first-order valence-corrected chi connectivity index (χ1v) is 25.2. The molecule has 8 nitrogen and oxygen atoms in total. The number of carbonyl (C=O) groups excluding carboxylic acids is 3. The largest absolute Gasteiger partial charge is 1.00 e. The van der Waals surface area contributed by atoms with E-state index in [1.165, 1.54) is 53.8 Å². The molecule has 4 aromatic rings. The van der Waals surface area contributed by atoms with E-state index < -0.39 is 6.10 Å². The molecule has 16 heteroatoms. The van der Waals surface area contributed by atoms with E-state index in [1.54, 1.807) is 59.1 Å². The van der Waals surface area contributed by atoms with Crippen molar-refractivity contribution < 1.29 is 50.5 Å². The predicted octanol–water partition coefficient (Wildman–Crippen LogP) is 7.06. The molecule has 3 radical (unpaired) electrons. The third kappa shape index (κ3) is 13.4. The van der Waals surface area contributed by atoms with Gasteiger partial charge >= 0.3 is 29.6 Å². The summed E-state index contributed by atoms with van der Waals surface area (Å²) in [5.74, 6) is 3.87. The summed E-state index contributed by atoms with van der Waals surface area (Å²) in [6.07, 6.45) is 10.7. The van der Waals surface area contributed by atoms with Gasteiger partial charge in [-0.05, 0) is 129 Å². The molecule has 4 aliphatic rings. The second-order valence-electron chi connectivity index (χ2n) is 15.3. The Kier molecular flexibility index (Phi) is 20.4. The van der Waals surface area contributed by atoms with Gasteiger partial charge in [-0.15, -0.1) is 22.7 Å². The van der Waals surface area contributed by atoms with Gasteiger partial charge in [0.2, 0.25) is 11.8 Å². The number of thioether (sulfide) groups is 2. The van der Waals surface area contributed by atoms with Crippen LogP contribution >= 0.6 is 69.4 Å². The molecule has 0 bridgehead atoms. The van der Waals surface area contributed by atoms with Gasteiger partial charge in [0.15, 0.2) is 5.78 Å². The van der Waals surface area contributed by atoms with Crippen LogP contribution in [0, 0.1) is 0 Å². The van der Waals surface area contributed by atoms with Gasteiger partial charge in [-0.1, -0.05) is 61.0 Å². The number of benzene rings is 2. The van der Waals surface area contributed by atoms with Crippen molar-refractivity contribution in [2.75, 3.05) is 61.4 Å². The Labute approximate surface area is 407 Å². The van der Waals surface area contributed by atoms with Crippen LogP contribution in [0.15, 0.2) is 48.5 Å². The molecule has 3 N–H and O–H groups in total. The molecule has 6 heterocycles. The molecule has 2 fully saturated rings. The summed E-state index contributed by atoms with van der Waals surface area (Å²) in [4.78, 5) is 45.9. The van der Waals surface area contributed by atoms with Crippen LogP contribution in [0.2, 0.25) is 10.0 Å². The number of nitrogens with one attached hydrogen (secondary N) is 2. The minimum Gasteiger partial charge on any atom is -1.00 e. The standard InChI is InChI=1S/C22H27ClN2O2S2.C22H25ClN2O2S2.B.Na.H/c2*23-16-7-5-15(6-8-16)21(27)20-17-9-12-28-14-18(17)29-22(20)24-19(26)13-25-10-3-1-2-4-11-25;;;/h5-8,21,27H,1-4,9-14H2,(H,24,26);5-8H,1-4,9-14H2,(H,24,26);;;/q;;;+1;-1. The molecule has 4 aliphatic heterocycles. The van der Waals surface area contributed by atoms with E-state index in [2.05, 4.69) is 20.4 Å². The van der Waals surface area contributed by atoms with E-state index in [4.69, 9.17) is 23.2 Å². The summed E-state index contributed by atoms with van der Waals surface area (Å²) in [5.41, 5.74) is 5.28. The number of fused-ring (bicyclic) bond motifs is 2. The average molecular weight is 935 g/mol. The fourth-order valence-corrected chi connectivity index (χ4v) is 13.2. The van der Waals surface area contributed by atoms with Crippen molar-refractivity contribution in [3.8, 4) is 0 Å². The Morgan fingerprint density at radius 3 is 1.65 bits per heavy atom. The molecule has 2 aromatic carbocycles. The van der Waals surface area contributed by atoms with Crippen molar-refractivity contribution in [1.82, 2.24) is 9.80 Å². The Balaban J connectivity index is 0.000000256. The number of halogens is 2. The fraction of sp³-hybridized carbons (Fsp3) is 0.477. The van der Waals surface area contributed by atoms with Crippen molar-refractivity contribution >= 4 is 105 Å². The van der Waals surface area contributed by atoms with E-state index in [0.29, 0.717) is 39.3 Å². The molecule has 0 spiro atoms. The van der Waals surface area contributed by atoms with E-state index in [-0.39, 0.29) is 57.0 Å². The number of aliphatic hydroxyl groups excluding tert-OH is 1. The van der Waals surface area contributed by atoms with Gasteiger partial charge in [0.05, 0.1) is 18.7 Å². The monoisotopic (exact) mass is 933 g/mol. The average Bonchev–Trinajstić information content (AvgIpc) is 3.48. The van der Waals surface area contributed by atoms with E-state index in [9.17, 15) is 19.5 Å². The molecule has 60 heavy (non-hydrogen) atoms. The first-order valence-electron chi connectivity index (χ1n) is 20.5. The molecule has 2 amide bonds. The third-order valence-corrected chi connectivity index (χ3v) is 16.3. The van der Waals surface area contributed by atoms with Crippen LogP contribution in [0.25, 0.3) is 0 Å². The van der Waals surface area contributed by atoms with Gasteiger partial charge in [0.1, 0.15) is 16.1 Å². The zero-order chi connectivity index (χ0) is 40.4. The number of rotatable bonds is 10. The fourth-order valence-electron chi connectivity index (χ4n) is 8.08. The number of aliphatic hydroxyl groups is 1. The van der Waals surface area contributed by atoms with Crippen molar-refractivity contribution in [3.05, 3.63) is 102 Å². The van der Waals surface area contributed by atoms with Gasteiger partial charge < -0.3 is 17.2 Å². The molecular weight excluding hydrogens is 881 g/mol. The molecule has 1 unspecified atom stereocenters. The van der Waals surface area contributed by atoms with Gasteiger partial charge in [-0.25, -0.2) is 0 Å². The molecule has 1 atom stereocenters. The topological polar surface area (TPSA) is 102 Å². The van der Waals surface area contributed by atoms with E-state index in [0.717, 1.165) is 96.6 Å². The van der Waals surface area contributed by atoms with Crippen LogP contribution in [-0.4, -0.2) is 91.7 Å². The number of carbonyl (C=O) groups is 3. The summed E-state index contributed by atoms with van der Waals surface area (Å²) >= 11 is 19.0. The number of likely N-dealkylation sites (tertiary alicyclic amines) is 2. The summed E-state index contributed by atoms with van der Waals surface area (Å²) in [6.45, 7) is 4.75. The van der Waals surface area contributed by atoms with Crippen LogP contribution < -0.4 is 40.2 Å². The van der Waals surface area contributed by atoms with Gasteiger partial charge in [-0.3, -0.25) is 24.2 Å². The first-order chi connectivity index (χ1) is 28.2. The number of hydrogen-bond donors (Lipinski definition) is 3. The van der Waals surface area contributed by atoms with Gasteiger partial charge in [0, 0.05) is 50.8 Å². The Morgan fingerprint density at radius 2 is 1.12 bits per heavy atom. The molecular formula is C44H53BCl2N4NaO4S4. The summed E-state index contributed by atoms with van der Waals surface area (Å²) in [7, 11) is 0. The zero-order valence-electron chi connectivity index (χ0n) is 35.4. The molecule has 2 aromatic heterocycles. The second kappa shape index (κ2) is 24.7. The molecule has 0 saturated carbocycles. The molecule has 8 rings (SSSR count). The van der Waals surface area contributed by atoms with Crippen LogP contribution in [-0.2, 0) is 33.9 Å². The van der Waals surface area contributed by atoms with Crippen molar-refractivity contribution in [2.45, 2.75) is 81.8 Å². The minimum absolute atomic E-state index is 0. The second-order valence-corrected chi connectivity index (χ2v) is 20.6. The minimum atomic E-state index is -0.760. The summed E-state index contributed by atoms with van der Waals surface area (Å²) < 4.78 is 0. The van der Waals surface area contributed by atoms with Crippen molar-refractivity contribution in [1.29, 1.82) is 0 Å². The van der Waals surface area contributed by atoms with Crippen LogP contribution in [0.3, 0.4) is 0 Å². The maximum absolute atomic E-state index is 13.3. The van der Waals surface area contributed by atoms with Crippen LogP contribution in [0.4, 0.5) is 10.0 Å². The van der Waals surface area contributed by atoms with Gasteiger partial charge in [0.25, 0.3) is 0 Å². The van der Waals surface area contributed by atoms with E-state index >= 15 is 0 Å². The predicted molar refractivity (Wildman–Crippen MR) is 253 cm³/mol. The van der Waals surface area contributed by atoms with Gasteiger partial charge in [-0.2, -0.15) is 23.5 Å². The van der Waals surface area contributed by atoms with Crippen molar-refractivity contribution in [2.24, 2.45) is 0 Å². The Bertz CT molecular complexity index is 2040. The SMILES string of the molecule is O=C(CN1CCCCCC1)Nc1sc2c(c1C(=O)c1ccc(Cl)cc1)CCSC2.O=C(CN1CCCCCC1)Nc1sc2c(c1C(O)c1ccc(Cl)cc1)CCSC2.[B].[H-].[Na+]. The Morgan fingerprint density at radius 1 is 0.667 bits per heavy atom. The van der Waals surface area contributed by atoms with E-state index in [1.807, 2.05) is 35.7 Å². The molecule has 315 valence electrons. The number of hydrogen-bond acceptors (Lipinski definition) is 10. The third-order valence-electron chi connectivity index (χ3n) is 11.1. The molecule has 2 saturated heterocycles. The first kappa shape index (κ1) is 49.7. The number of amides is 2.